The van der Waals surface area contributed by atoms with Crippen LogP contribution in [0.1, 0.15) is 57.4 Å². The zero-order chi connectivity index (χ0) is 24.2. The smallest absolute Gasteiger partial charge is 0.425 e. The van der Waals surface area contributed by atoms with Gasteiger partial charge in [-0.05, 0) is 24.8 Å². The summed E-state index contributed by atoms with van der Waals surface area (Å²) >= 11 is 0. The Morgan fingerprint density at radius 3 is 2.36 bits per heavy atom. The normalized spacial score (nSPS) is 22.0. The maximum atomic E-state index is 14.5. The number of amides is 2. The Bertz CT molecular complexity index is 923. The Balaban J connectivity index is 1.93. The molecule has 6 nitrogen and oxygen atoms in total. The van der Waals surface area contributed by atoms with Crippen LogP contribution in [0.5, 0.6) is 0 Å². The van der Waals surface area contributed by atoms with Crippen LogP contribution in [0.25, 0.3) is 0 Å². The zero-order valence-electron chi connectivity index (χ0n) is 18.8. The molecule has 2 amide bonds. The Labute approximate surface area is 191 Å². The molecule has 33 heavy (non-hydrogen) atoms. The highest BCUT2D eigenvalue weighted by molar-refractivity contribution is 6.10. The summed E-state index contributed by atoms with van der Waals surface area (Å²) in [5.74, 6) is -3.36. The fraction of sp³-hybridized carbons (Fsp3) is 0.542. The number of hydrogen-bond donors (Lipinski definition) is 1. The summed E-state index contributed by atoms with van der Waals surface area (Å²) in [6, 6.07) is 8.45. The fourth-order valence-corrected chi connectivity index (χ4v) is 4.76. The minimum Gasteiger partial charge on any atom is -0.466 e. The van der Waals surface area contributed by atoms with E-state index in [1.54, 1.807) is 30.3 Å². The Kier molecular flexibility index (Phi) is 7.49. The number of esters is 1. The highest BCUT2D eigenvalue weighted by atomic mass is 19.4. The largest absolute Gasteiger partial charge is 0.466 e. The molecule has 1 fully saturated rings. The third-order valence-electron chi connectivity index (χ3n) is 6.54. The summed E-state index contributed by atoms with van der Waals surface area (Å²) in [7, 11) is 0.943. The molecule has 3 rings (SSSR count). The Hall–Kier alpha value is -2.84. The van der Waals surface area contributed by atoms with Crippen molar-refractivity contribution in [2.24, 2.45) is 5.92 Å². The van der Waals surface area contributed by atoms with Crippen LogP contribution in [0, 0.1) is 5.92 Å². The van der Waals surface area contributed by atoms with Crippen molar-refractivity contribution >= 4 is 17.8 Å². The number of halogens is 3. The van der Waals surface area contributed by atoms with Gasteiger partial charge in [-0.1, -0.05) is 62.4 Å². The number of carbonyl (C=O) groups excluding carboxylic acids is 3. The van der Waals surface area contributed by atoms with Crippen LogP contribution in [-0.4, -0.2) is 41.5 Å². The molecule has 1 aromatic carbocycles. The lowest BCUT2D eigenvalue weighted by Gasteiger charge is -2.33. The van der Waals surface area contributed by atoms with Crippen LogP contribution < -0.4 is 5.32 Å². The number of carbonyl (C=O) groups is 3. The van der Waals surface area contributed by atoms with Gasteiger partial charge in [-0.15, -0.1) is 0 Å². The lowest BCUT2D eigenvalue weighted by molar-refractivity contribution is -0.196. The van der Waals surface area contributed by atoms with Gasteiger partial charge in [0.05, 0.1) is 13.7 Å². The monoisotopic (exact) mass is 466 g/mol. The van der Waals surface area contributed by atoms with Crippen LogP contribution in [0.3, 0.4) is 0 Å². The standard InChI is InChI=1S/C24H29F3N2O4/c1-16-20(21(31)33-2)23(24(25,26)27,22(32)29(16)15-18-11-7-4-8-12-18)28-19(30)14-13-17-9-5-3-6-10-17/h4,7-8,11-12,17H,3,5-6,9-10,13-15H2,1-2H3,(H,28,30). The quantitative estimate of drug-likeness (QED) is 0.610. The fourth-order valence-electron chi connectivity index (χ4n) is 4.76. The molecule has 0 bridgehead atoms. The highest BCUT2D eigenvalue weighted by Crippen LogP contribution is 2.45. The van der Waals surface area contributed by atoms with Crippen molar-refractivity contribution in [2.45, 2.75) is 70.1 Å². The molecule has 0 saturated heterocycles. The topological polar surface area (TPSA) is 75.7 Å². The molecule has 0 radical (unpaired) electrons. The van der Waals surface area contributed by atoms with E-state index in [4.69, 9.17) is 0 Å². The number of allylic oxidation sites excluding steroid dienone is 1. The molecule has 1 aromatic rings. The molecule has 0 aromatic heterocycles. The van der Waals surface area contributed by atoms with Gasteiger partial charge < -0.3 is 15.0 Å². The first-order valence-electron chi connectivity index (χ1n) is 11.1. The van der Waals surface area contributed by atoms with Crippen molar-refractivity contribution in [1.29, 1.82) is 0 Å². The molecule has 1 atom stereocenters. The summed E-state index contributed by atoms with van der Waals surface area (Å²) in [6.45, 7) is 1.08. The first kappa shape index (κ1) is 24.8. The van der Waals surface area contributed by atoms with E-state index in [0.29, 0.717) is 12.0 Å². The van der Waals surface area contributed by atoms with E-state index < -0.39 is 35.1 Å². The average Bonchev–Trinajstić information content (AvgIpc) is 3.00. The maximum Gasteiger partial charge on any atom is 0.425 e. The third-order valence-corrected chi connectivity index (χ3v) is 6.54. The number of hydrogen-bond acceptors (Lipinski definition) is 4. The van der Waals surface area contributed by atoms with E-state index in [1.165, 1.54) is 6.92 Å². The third kappa shape index (κ3) is 4.91. The van der Waals surface area contributed by atoms with Crippen molar-refractivity contribution in [1.82, 2.24) is 10.2 Å². The first-order valence-corrected chi connectivity index (χ1v) is 11.1. The predicted molar refractivity (Wildman–Crippen MR) is 114 cm³/mol. The van der Waals surface area contributed by atoms with E-state index in [1.807, 2.05) is 5.32 Å². The summed E-state index contributed by atoms with van der Waals surface area (Å²) < 4.78 is 48.3. The van der Waals surface area contributed by atoms with Crippen LogP contribution in [0.15, 0.2) is 41.6 Å². The van der Waals surface area contributed by atoms with Gasteiger partial charge in [0.25, 0.3) is 5.91 Å². The van der Waals surface area contributed by atoms with Gasteiger partial charge in [0, 0.05) is 12.1 Å². The van der Waals surface area contributed by atoms with Crippen molar-refractivity contribution in [3.05, 3.63) is 47.2 Å². The van der Waals surface area contributed by atoms with Gasteiger partial charge in [-0.3, -0.25) is 9.59 Å². The molecule has 1 saturated carbocycles. The summed E-state index contributed by atoms with van der Waals surface area (Å²) in [6.07, 6.45) is 0.126. The van der Waals surface area contributed by atoms with Crippen LogP contribution in [-0.2, 0) is 25.7 Å². The molecule has 1 unspecified atom stereocenters. The lowest BCUT2D eigenvalue weighted by Crippen LogP contribution is -2.66. The number of rotatable bonds is 7. The highest BCUT2D eigenvalue weighted by Gasteiger charge is 2.70. The summed E-state index contributed by atoms with van der Waals surface area (Å²) in [4.78, 5) is 39.4. The number of benzene rings is 1. The van der Waals surface area contributed by atoms with E-state index in [9.17, 15) is 27.6 Å². The SMILES string of the molecule is COC(=O)C1=C(C)N(Cc2ccccc2)C(=O)C1(NC(=O)CCC1CCCCC1)C(F)(F)F. The zero-order valence-corrected chi connectivity index (χ0v) is 18.8. The van der Waals surface area contributed by atoms with E-state index in [0.717, 1.165) is 44.1 Å². The second kappa shape index (κ2) is 9.97. The van der Waals surface area contributed by atoms with Crippen LogP contribution in [0.2, 0.25) is 0 Å². The van der Waals surface area contributed by atoms with Gasteiger partial charge in [0.1, 0.15) is 5.57 Å². The van der Waals surface area contributed by atoms with E-state index >= 15 is 0 Å². The van der Waals surface area contributed by atoms with Crippen LogP contribution in [0.4, 0.5) is 13.2 Å². The van der Waals surface area contributed by atoms with E-state index in [2.05, 4.69) is 4.74 Å². The van der Waals surface area contributed by atoms with Gasteiger partial charge in [-0.25, -0.2) is 4.79 Å². The number of ether oxygens (including phenoxy) is 1. The molecule has 9 heteroatoms. The minimum atomic E-state index is -5.25. The summed E-state index contributed by atoms with van der Waals surface area (Å²) in [5.41, 5.74) is -4.00. The molecule has 1 aliphatic carbocycles. The van der Waals surface area contributed by atoms with Crippen molar-refractivity contribution in [3.8, 4) is 0 Å². The van der Waals surface area contributed by atoms with Crippen molar-refractivity contribution in [3.63, 3.8) is 0 Å². The molecule has 1 N–H and O–H groups in total. The minimum absolute atomic E-state index is 0.151. The predicted octanol–water partition coefficient (Wildman–Crippen LogP) is 4.25. The Morgan fingerprint density at radius 1 is 1.15 bits per heavy atom. The second-order valence-corrected chi connectivity index (χ2v) is 8.67. The van der Waals surface area contributed by atoms with E-state index in [-0.39, 0.29) is 24.6 Å². The lowest BCUT2D eigenvalue weighted by atomic mass is 9.85. The van der Waals surface area contributed by atoms with Gasteiger partial charge in [-0.2, -0.15) is 13.2 Å². The number of nitrogens with one attached hydrogen (secondary N) is 1. The maximum absolute atomic E-state index is 14.5. The summed E-state index contributed by atoms with van der Waals surface area (Å²) in [5, 5.41) is 1.92. The second-order valence-electron chi connectivity index (χ2n) is 8.67. The first-order chi connectivity index (χ1) is 15.6. The molecule has 1 heterocycles. The van der Waals surface area contributed by atoms with Gasteiger partial charge in [0.2, 0.25) is 11.4 Å². The molecule has 0 spiro atoms. The van der Waals surface area contributed by atoms with Crippen LogP contribution >= 0.6 is 0 Å². The molecular weight excluding hydrogens is 437 g/mol. The van der Waals surface area contributed by atoms with Gasteiger partial charge in [0.15, 0.2) is 0 Å². The van der Waals surface area contributed by atoms with Gasteiger partial charge >= 0.3 is 12.1 Å². The molecular formula is C24H29F3N2O4. The number of nitrogens with zero attached hydrogens (tertiary/aromatic N) is 1. The average molecular weight is 467 g/mol. The number of alkyl halides is 3. The van der Waals surface area contributed by atoms with Crippen molar-refractivity contribution < 1.29 is 32.3 Å². The Morgan fingerprint density at radius 2 is 1.79 bits per heavy atom. The molecule has 1 aliphatic heterocycles. The molecule has 2 aliphatic rings. The van der Waals surface area contributed by atoms with Crippen molar-refractivity contribution in [2.75, 3.05) is 7.11 Å². The number of methoxy groups -OCH3 is 1. The molecule has 180 valence electrons.